The molecule has 18 heavy (non-hydrogen) atoms. The van der Waals surface area contributed by atoms with Crippen LogP contribution in [0.3, 0.4) is 0 Å². The Labute approximate surface area is 106 Å². The molecule has 0 bridgehead atoms. The van der Waals surface area contributed by atoms with Crippen molar-refractivity contribution >= 4 is 12.0 Å². The Hall–Kier alpha value is -1.30. The summed E-state index contributed by atoms with van der Waals surface area (Å²) >= 11 is 0. The van der Waals surface area contributed by atoms with Gasteiger partial charge in [-0.1, -0.05) is 0 Å². The predicted octanol–water partition coefficient (Wildman–Crippen LogP) is 0.670. The van der Waals surface area contributed by atoms with Crippen LogP contribution in [0, 0.1) is 5.92 Å². The number of rotatable bonds is 2. The number of hydrogen-bond acceptors (Lipinski definition) is 3. The first-order valence-corrected chi connectivity index (χ1v) is 6.32. The van der Waals surface area contributed by atoms with E-state index in [0.717, 1.165) is 6.42 Å². The maximum atomic E-state index is 12.0. The molecule has 2 aliphatic rings. The number of likely N-dealkylation sites (tertiary alicyclic amines) is 1. The van der Waals surface area contributed by atoms with Crippen molar-refractivity contribution in [2.45, 2.75) is 38.3 Å². The molecular formula is C12H20N2O4. The van der Waals surface area contributed by atoms with Crippen molar-refractivity contribution in [2.75, 3.05) is 19.7 Å². The van der Waals surface area contributed by atoms with Crippen molar-refractivity contribution in [1.82, 2.24) is 10.2 Å². The smallest absolute Gasteiger partial charge is 0.317 e. The van der Waals surface area contributed by atoms with E-state index in [9.17, 15) is 9.59 Å². The first kappa shape index (κ1) is 13.1. The minimum atomic E-state index is -0.824. The van der Waals surface area contributed by atoms with Crippen LogP contribution in [-0.2, 0) is 9.53 Å². The van der Waals surface area contributed by atoms with Gasteiger partial charge in [-0.05, 0) is 26.7 Å². The summed E-state index contributed by atoms with van der Waals surface area (Å²) in [6.45, 7) is 5.37. The summed E-state index contributed by atoms with van der Waals surface area (Å²) in [5.74, 6) is -1.25. The third-order valence-electron chi connectivity index (χ3n) is 3.84. The van der Waals surface area contributed by atoms with Crippen LogP contribution in [0.1, 0.15) is 26.7 Å². The lowest BCUT2D eigenvalue weighted by Crippen LogP contribution is -2.50. The van der Waals surface area contributed by atoms with Gasteiger partial charge in [0.1, 0.15) is 0 Å². The van der Waals surface area contributed by atoms with Crippen molar-refractivity contribution < 1.29 is 19.4 Å². The van der Waals surface area contributed by atoms with E-state index in [1.54, 1.807) is 4.90 Å². The van der Waals surface area contributed by atoms with Gasteiger partial charge in [-0.2, -0.15) is 0 Å². The van der Waals surface area contributed by atoms with Crippen molar-refractivity contribution in [1.29, 1.82) is 0 Å². The molecule has 0 spiro atoms. The summed E-state index contributed by atoms with van der Waals surface area (Å²) in [4.78, 5) is 24.4. The topological polar surface area (TPSA) is 78.9 Å². The lowest BCUT2D eigenvalue weighted by atomic mass is 9.99. The van der Waals surface area contributed by atoms with Crippen LogP contribution >= 0.6 is 0 Å². The number of nitrogens with zero attached hydrogens (tertiary/aromatic N) is 1. The lowest BCUT2D eigenvalue weighted by Gasteiger charge is -2.28. The van der Waals surface area contributed by atoms with Gasteiger partial charge in [-0.25, -0.2) is 4.79 Å². The van der Waals surface area contributed by atoms with E-state index in [4.69, 9.17) is 9.84 Å². The van der Waals surface area contributed by atoms with E-state index >= 15 is 0 Å². The Morgan fingerprint density at radius 2 is 2.11 bits per heavy atom. The van der Waals surface area contributed by atoms with Gasteiger partial charge in [0.15, 0.2) is 0 Å². The normalized spacial score (nSPS) is 30.4. The van der Waals surface area contributed by atoms with Crippen LogP contribution in [0.15, 0.2) is 0 Å². The second-order valence-corrected chi connectivity index (χ2v) is 5.51. The highest BCUT2D eigenvalue weighted by Gasteiger charge is 2.38. The molecule has 0 radical (unpaired) electrons. The van der Waals surface area contributed by atoms with Gasteiger partial charge in [-0.3, -0.25) is 4.79 Å². The SMILES string of the molecule is CC1(C)OCCC1NC(=O)N1CCC(C(=O)O)C1. The zero-order valence-electron chi connectivity index (χ0n) is 10.8. The predicted molar refractivity (Wildman–Crippen MR) is 64.3 cm³/mol. The molecule has 102 valence electrons. The fourth-order valence-corrected chi connectivity index (χ4v) is 2.52. The molecule has 2 rings (SSSR count). The molecular weight excluding hydrogens is 236 g/mol. The zero-order valence-corrected chi connectivity index (χ0v) is 10.8. The number of hydrogen-bond donors (Lipinski definition) is 2. The Kier molecular flexibility index (Phi) is 3.47. The minimum absolute atomic E-state index is 0.00567. The molecule has 2 amide bonds. The molecule has 2 N–H and O–H groups in total. The molecule has 2 fully saturated rings. The third-order valence-corrected chi connectivity index (χ3v) is 3.84. The standard InChI is InChI=1S/C12H20N2O4/c1-12(2)9(4-6-18-12)13-11(17)14-5-3-8(7-14)10(15)16/h8-9H,3-7H2,1-2H3,(H,13,17)(H,15,16). The monoisotopic (exact) mass is 256 g/mol. The molecule has 0 aromatic carbocycles. The van der Waals surface area contributed by atoms with E-state index < -0.39 is 11.9 Å². The van der Waals surface area contributed by atoms with Gasteiger partial charge in [0, 0.05) is 19.7 Å². The summed E-state index contributed by atoms with van der Waals surface area (Å²) in [5, 5.41) is 11.8. The number of carbonyl (C=O) groups is 2. The number of carbonyl (C=O) groups excluding carboxylic acids is 1. The second-order valence-electron chi connectivity index (χ2n) is 5.51. The Balaban J connectivity index is 1.88. The fraction of sp³-hybridized carbons (Fsp3) is 0.833. The number of carboxylic acid groups (broad SMARTS) is 1. The molecule has 6 nitrogen and oxygen atoms in total. The van der Waals surface area contributed by atoms with E-state index in [0.29, 0.717) is 26.1 Å². The first-order chi connectivity index (χ1) is 8.40. The van der Waals surface area contributed by atoms with Crippen molar-refractivity contribution in [3.05, 3.63) is 0 Å². The van der Waals surface area contributed by atoms with Gasteiger partial charge in [-0.15, -0.1) is 0 Å². The van der Waals surface area contributed by atoms with E-state index in [1.807, 2.05) is 13.8 Å². The van der Waals surface area contributed by atoms with Gasteiger partial charge >= 0.3 is 12.0 Å². The number of nitrogens with one attached hydrogen (secondary N) is 1. The summed E-state index contributed by atoms with van der Waals surface area (Å²) in [5.41, 5.74) is -0.346. The number of urea groups is 1. The largest absolute Gasteiger partial charge is 0.481 e. The number of aliphatic carboxylic acids is 1. The highest BCUT2D eigenvalue weighted by Crippen LogP contribution is 2.25. The molecule has 2 heterocycles. The zero-order chi connectivity index (χ0) is 13.3. The van der Waals surface area contributed by atoms with Gasteiger partial charge in [0.05, 0.1) is 17.6 Å². The molecule has 6 heteroatoms. The molecule has 0 aromatic heterocycles. The van der Waals surface area contributed by atoms with Crippen LogP contribution in [0.5, 0.6) is 0 Å². The Morgan fingerprint density at radius 3 is 2.61 bits per heavy atom. The van der Waals surface area contributed by atoms with Crippen LogP contribution < -0.4 is 5.32 Å². The quantitative estimate of drug-likeness (QED) is 0.761. The molecule has 2 aliphatic heterocycles. The highest BCUT2D eigenvalue weighted by atomic mass is 16.5. The Bertz CT molecular complexity index is 356. The van der Waals surface area contributed by atoms with Gasteiger partial charge < -0.3 is 20.1 Å². The summed E-state index contributed by atoms with van der Waals surface area (Å²) in [6, 6.07) is -0.184. The van der Waals surface area contributed by atoms with Crippen molar-refractivity contribution in [2.24, 2.45) is 5.92 Å². The van der Waals surface area contributed by atoms with Gasteiger partial charge in [0.25, 0.3) is 0 Å². The molecule has 2 unspecified atom stereocenters. The molecule has 0 aliphatic carbocycles. The second kappa shape index (κ2) is 4.76. The highest BCUT2D eigenvalue weighted by molar-refractivity contribution is 5.77. The molecule has 2 saturated heterocycles. The average molecular weight is 256 g/mol. The van der Waals surface area contributed by atoms with Crippen LogP contribution in [0.4, 0.5) is 4.79 Å². The van der Waals surface area contributed by atoms with Crippen LogP contribution in [0.2, 0.25) is 0 Å². The Morgan fingerprint density at radius 1 is 1.39 bits per heavy atom. The summed E-state index contributed by atoms with van der Waals surface area (Å²) in [6.07, 6.45) is 1.34. The minimum Gasteiger partial charge on any atom is -0.481 e. The molecule has 2 atom stereocenters. The van der Waals surface area contributed by atoms with Crippen molar-refractivity contribution in [3.8, 4) is 0 Å². The van der Waals surface area contributed by atoms with Crippen LogP contribution in [0.25, 0.3) is 0 Å². The van der Waals surface area contributed by atoms with Crippen molar-refractivity contribution in [3.63, 3.8) is 0 Å². The molecule has 0 saturated carbocycles. The maximum Gasteiger partial charge on any atom is 0.317 e. The molecule has 0 aromatic rings. The van der Waals surface area contributed by atoms with E-state index in [-0.39, 0.29) is 17.7 Å². The van der Waals surface area contributed by atoms with E-state index in [1.165, 1.54) is 0 Å². The maximum absolute atomic E-state index is 12.0. The average Bonchev–Trinajstić information content (AvgIpc) is 2.86. The summed E-state index contributed by atoms with van der Waals surface area (Å²) in [7, 11) is 0. The first-order valence-electron chi connectivity index (χ1n) is 6.32. The number of ether oxygens (including phenoxy) is 1. The van der Waals surface area contributed by atoms with E-state index in [2.05, 4.69) is 5.32 Å². The lowest BCUT2D eigenvalue weighted by molar-refractivity contribution is -0.141. The third kappa shape index (κ3) is 2.58. The fourth-order valence-electron chi connectivity index (χ4n) is 2.52. The number of amides is 2. The summed E-state index contributed by atoms with van der Waals surface area (Å²) < 4.78 is 5.55. The number of carboxylic acids is 1. The van der Waals surface area contributed by atoms with Gasteiger partial charge in [0.2, 0.25) is 0 Å². The van der Waals surface area contributed by atoms with Crippen LogP contribution in [-0.4, -0.2) is 53.3 Å².